The van der Waals surface area contributed by atoms with Crippen molar-refractivity contribution in [3.05, 3.63) is 59.2 Å². The SMILES string of the molecule is BrCCCCCC(Br)(Br)c1ccc2c(c1)Cc1ccccc1-2. The smallest absolute Gasteiger partial charge is 0.0928 e. The van der Waals surface area contributed by atoms with E-state index in [0.29, 0.717) is 0 Å². The molecule has 0 heterocycles. The molecule has 0 fully saturated rings. The molecule has 0 N–H and O–H groups in total. The summed E-state index contributed by atoms with van der Waals surface area (Å²) in [5.41, 5.74) is 7.02. The molecule has 0 saturated carbocycles. The molecule has 2 aromatic rings. The van der Waals surface area contributed by atoms with Gasteiger partial charge in [0.25, 0.3) is 0 Å². The highest BCUT2D eigenvalue weighted by atomic mass is 79.9. The fourth-order valence-electron chi connectivity index (χ4n) is 3.14. The zero-order chi connectivity index (χ0) is 15.6. The molecule has 0 atom stereocenters. The van der Waals surface area contributed by atoms with Crippen LogP contribution in [0.15, 0.2) is 42.5 Å². The molecule has 3 heteroatoms. The average molecular weight is 487 g/mol. The van der Waals surface area contributed by atoms with Gasteiger partial charge in [-0.3, -0.25) is 0 Å². The second-order valence-corrected chi connectivity index (χ2v) is 10.5. The molecule has 116 valence electrons. The first-order valence-electron chi connectivity index (χ1n) is 7.77. The molecule has 0 spiro atoms. The number of hydrogen-bond donors (Lipinski definition) is 0. The lowest BCUT2D eigenvalue weighted by atomic mass is 10.00. The van der Waals surface area contributed by atoms with E-state index in [0.717, 1.165) is 18.2 Å². The van der Waals surface area contributed by atoms with Crippen molar-refractivity contribution in [2.75, 3.05) is 5.33 Å². The van der Waals surface area contributed by atoms with E-state index in [9.17, 15) is 0 Å². The van der Waals surface area contributed by atoms with Gasteiger partial charge in [0.2, 0.25) is 0 Å². The number of unbranched alkanes of at least 4 members (excludes halogenated alkanes) is 2. The van der Waals surface area contributed by atoms with Crippen LogP contribution in [0.1, 0.15) is 42.4 Å². The third-order valence-corrected chi connectivity index (χ3v) is 6.61. The Kier molecular flexibility index (Phi) is 5.47. The molecule has 0 nitrogen and oxygen atoms in total. The molecule has 0 radical (unpaired) electrons. The average Bonchev–Trinajstić information content (AvgIpc) is 2.89. The fraction of sp³-hybridized carbons (Fsp3) is 0.368. The Hall–Kier alpha value is -0.120. The lowest BCUT2D eigenvalue weighted by Gasteiger charge is -2.22. The van der Waals surface area contributed by atoms with E-state index in [1.54, 1.807) is 0 Å². The van der Waals surface area contributed by atoms with Crippen LogP contribution < -0.4 is 0 Å². The minimum absolute atomic E-state index is 0.101. The Morgan fingerprint density at radius 3 is 2.45 bits per heavy atom. The van der Waals surface area contributed by atoms with E-state index >= 15 is 0 Å². The summed E-state index contributed by atoms with van der Waals surface area (Å²) in [4.78, 5) is 0. The summed E-state index contributed by atoms with van der Waals surface area (Å²) in [6.07, 6.45) is 5.89. The summed E-state index contributed by atoms with van der Waals surface area (Å²) >= 11 is 11.3. The number of alkyl halides is 3. The topological polar surface area (TPSA) is 0 Å². The summed E-state index contributed by atoms with van der Waals surface area (Å²) in [6, 6.07) is 15.6. The van der Waals surface area contributed by atoms with Gasteiger partial charge in [0.15, 0.2) is 0 Å². The monoisotopic (exact) mass is 484 g/mol. The van der Waals surface area contributed by atoms with Crippen molar-refractivity contribution >= 4 is 47.8 Å². The first-order chi connectivity index (χ1) is 10.6. The maximum absolute atomic E-state index is 3.89. The Labute approximate surface area is 158 Å². The van der Waals surface area contributed by atoms with Gasteiger partial charge in [-0.15, -0.1) is 0 Å². The van der Waals surface area contributed by atoms with Gasteiger partial charge in [-0.1, -0.05) is 103 Å². The summed E-state index contributed by atoms with van der Waals surface area (Å²) in [7, 11) is 0. The number of fused-ring (bicyclic) bond motifs is 3. The van der Waals surface area contributed by atoms with Crippen molar-refractivity contribution in [3.63, 3.8) is 0 Å². The first kappa shape index (κ1) is 16.7. The van der Waals surface area contributed by atoms with Crippen molar-refractivity contribution < 1.29 is 0 Å². The Morgan fingerprint density at radius 1 is 0.864 bits per heavy atom. The highest BCUT2D eigenvalue weighted by molar-refractivity contribution is 9.24. The van der Waals surface area contributed by atoms with Crippen LogP contribution >= 0.6 is 47.8 Å². The van der Waals surface area contributed by atoms with Crippen molar-refractivity contribution in [1.82, 2.24) is 0 Å². The van der Waals surface area contributed by atoms with Crippen molar-refractivity contribution in [2.24, 2.45) is 0 Å². The van der Waals surface area contributed by atoms with E-state index < -0.39 is 0 Å². The highest BCUT2D eigenvalue weighted by Crippen LogP contribution is 2.45. The van der Waals surface area contributed by atoms with E-state index in [2.05, 4.69) is 90.3 Å². The van der Waals surface area contributed by atoms with Crippen molar-refractivity contribution in [2.45, 2.75) is 35.3 Å². The summed E-state index contributed by atoms with van der Waals surface area (Å²) in [5.74, 6) is 0. The van der Waals surface area contributed by atoms with Crippen LogP contribution in [0.2, 0.25) is 0 Å². The molecule has 0 saturated heterocycles. The third-order valence-electron chi connectivity index (χ3n) is 4.34. The molecule has 0 aromatic heterocycles. The van der Waals surface area contributed by atoms with Gasteiger partial charge < -0.3 is 0 Å². The van der Waals surface area contributed by atoms with Gasteiger partial charge in [-0.05, 0) is 47.1 Å². The van der Waals surface area contributed by atoms with Crippen LogP contribution in [0.25, 0.3) is 11.1 Å². The predicted octanol–water partition coefficient (Wildman–Crippen LogP) is 7.16. The van der Waals surface area contributed by atoms with Gasteiger partial charge >= 0.3 is 0 Å². The minimum atomic E-state index is -0.101. The van der Waals surface area contributed by atoms with Crippen LogP contribution in [0.3, 0.4) is 0 Å². The van der Waals surface area contributed by atoms with E-state index in [1.165, 1.54) is 47.1 Å². The van der Waals surface area contributed by atoms with Gasteiger partial charge in [0.05, 0.1) is 0 Å². The number of halogens is 3. The van der Waals surface area contributed by atoms with E-state index in [4.69, 9.17) is 0 Å². The molecular formula is C19H19Br3. The molecular weight excluding hydrogens is 468 g/mol. The molecule has 3 rings (SSSR count). The molecule has 0 aliphatic heterocycles. The fourth-order valence-corrected chi connectivity index (χ4v) is 4.59. The standard InChI is InChI=1S/C19H19Br3/c20-11-5-1-4-10-19(21,22)16-8-9-18-15(13-16)12-14-6-2-3-7-17(14)18/h2-3,6-9,13H,1,4-5,10-12H2. The zero-order valence-electron chi connectivity index (χ0n) is 12.4. The van der Waals surface area contributed by atoms with Gasteiger partial charge in [0, 0.05) is 5.33 Å². The van der Waals surface area contributed by atoms with E-state index in [-0.39, 0.29) is 3.23 Å². The van der Waals surface area contributed by atoms with Gasteiger partial charge in [-0.25, -0.2) is 0 Å². The summed E-state index contributed by atoms with van der Waals surface area (Å²) < 4.78 is -0.101. The van der Waals surface area contributed by atoms with Crippen LogP contribution in [-0.4, -0.2) is 5.33 Å². The second kappa shape index (κ2) is 7.19. The number of benzene rings is 2. The first-order valence-corrected chi connectivity index (χ1v) is 10.5. The molecule has 0 amide bonds. The van der Waals surface area contributed by atoms with Crippen molar-refractivity contribution in [1.29, 1.82) is 0 Å². The molecule has 1 aliphatic carbocycles. The minimum Gasteiger partial charge on any atom is -0.0928 e. The number of hydrogen-bond acceptors (Lipinski definition) is 0. The molecule has 22 heavy (non-hydrogen) atoms. The predicted molar refractivity (Wildman–Crippen MR) is 106 cm³/mol. The Balaban J connectivity index is 1.78. The highest BCUT2D eigenvalue weighted by Gasteiger charge is 2.27. The lowest BCUT2D eigenvalue weighted by Crippen LogP contribution is -2.09. The van der Waals surface area contributed by atoms with Crippen LogP contribution in [0, 0.1) is 0 Å². The largest absolute Gasteiger partial charge is 0.105 e. The maximum Gasteiger partial charge on any atom is 0.105 e. The summed E-state index contributed by atoms with van der Waals surface area (Å²) in [5, 5.41) is 1.10. The summed E-state index contributed by atoms with van der Waals surface area (Å²) in [6.45, 7) is 0. The Morgan fingerprint density at radius 2 is 1.64 bits per heavy atom. The lowest BCUT2D eigenvalue weighted by molar-refractivity contribution is 0.652. The van der Waals surface area contributed by atoms with Crippen LogP contribution in [-0.2, 0) is 9.65 Å². The van der Waals surface area contributed by atoms with Gasteiger partial charge in [-0.2, -0.15) is 0 Å². The van der Waals surface area contributed by atoms with Crippen molar-refractivity contribution in [3.8, 4) is 11.1 Å². The Bertz CT molecular complexity index is 661. The molecule has 2 aromatic carbocycles. The second-order valence-electron chi connectivity index (χ2n) is 5.91. The third kappa shape index (κ3) is 3.52. The quantitative estimate of drug-likeness (QED) is 0.256. The maximum atomic E-state index is 3.89. The molecule has 1 aliphatic rings. The van der Waals surface area contributed by atoms with Gasteiger partial charge in [0.1, 0.15) is 3.23 Å². The number of rotatable bonds is 6. The normalized spacial score (nSPS) is 13.0. The molecule has 0 bridgehead atoms. The van der Waals surface area contributed by atoms with Crippen LogP contribution in [0.4, 0.5) is 0 Å². The van der Waals surface area contributed by atoms with E-state index in [1.807, 2.05) is 0 Å². The zero-order valence-corrected chi connectivity index (χ0v) is 17.2. The van der Waals surface area contributed by atoms with Crippen LogP contribution in [0.5, 0.6) is 0 Å². The molecule has 0 unspecified atom stereocenters.